The largest absolute Gasteiger partial charge is 0.295 e. The summed E-state index contributed by atoms with van der Waals surface area (Å²) in [6.07, 6.45) is 0. The maximum Gasteiger partial charge on any atom is 0.295 e. The Morgan fingerprint density at radius 1 is 1.13 bits per heavy atom. The molecule has 15 heavy (non-hydrogen) atoms. The van der Waals surface area contributed by atoms with E-state index in [1.165, 1.54) is 6.07 Å². The molecule has 0 atom stereocenters. The third-order valence-electron chi connectivity index (χ3n) is 2.10. The minimum absolute atomic E-state index is 0.0756. The van der Waals surface area contributed by atoms with Gasteiger partial charge in [0.15, 0.2) is 0 Å². The van der Waals surface area contributed by atoms with E-state index in [0.717, 1.165) is 10.3 Å². The van der Waals surface area contributed by atoms with E-state index in [1.54, 1.807) is 30.3 Å². The van der Waals surface area contributed by atoms with Crippen LogP contribution in [0.1, 0.15) is 0 Å². The average Bonchev–Trinajstić information content (AvgIpc) is 2.15. The van der Waals surface area contributed by atoms with E-state index >= 15 is 0 Å². The summed E-state index contributed by atoms with van der Waals surface area (Å²) >= 11 is 4.16. The lowest BCUT2D eigenvalue weighted by molar-refractivity contribution is 0.484. The number of hydrogen-bond donors (Lipinski definition) is 2. The fourth-order valence-corrected chi connectivity index (χ4v) is 2.39. The van der Waals surface area contributed by atoms with Crippen molar-refractivity contribution in [3.05, 3.63) is 36.4 Å². The van der Waals surface area contributed by atoms with E-state index < -0.39 is 10.1 Å². The minimum atomic E-state index is -4.17. The second kappa shape index (κ2) is 3.52. The van der Waals surface area contributed by atoms with Gasteiger partial charge in [-0.25, -0.2) is 0 Å². The summed E-state index contributed by atoms with van der Waals surface area (Å²) in [6, 6.07) is 9.77. The Bertz CT molecular complexity index is 618. The highest BCUT2D eigenvalue weighted by molar-refractivity contribution is 7.86. The maximum absolute atomic E-state index is 11.1. The lowest BCUT2D eigenvalue weighted by Crippen LogP contribution is -1.98. The highest BCUT2D eigenvalue weighted by Gasteiger charge is 2.12. The second-order valence-electron chi connectivity index (χ2n) is 3.14. The first-order chi connectivity index (χ1) is 6.98. The maximum atomic E-state index is 11.1. The molecule has 0 spiro atoms. The zero-order chi connectivity index (χ0) is 11.1. The van der Waals surface area contributed by atoms with E-state index in [-0.39, 0.29) is 4.90 Å². The van der Waals surface area contributed by atoms with Crippen LogP contribution in [-0.2, 0) is 10.1 Å². The van der Waals surface area contributed by atoms with Crippen LogP contribution in [0.4, 0.5) is 0 Å². The van der Waals surface area contributed by atoms with Gasteiger partial charge in [-0.15, -0.1) is 12.6 Å². The first kappa shape index (κ1) is 10.5. The van der Waals surface area contributed by atoms with Crippen molar-refractivity contribution in [2.75, 3.05) is 0 Å². The highest BCUT2D eigenvalue weighted by Crippen LogP contribution is 2.24. The lowest BCUT2D eigenvalue weighted by atomic mass is 10.1. The highest BCUT2D eigenvalue weighted by atomic mass is 32.2. The minimum Gasteiger partial charge on any atom is -0.282 e. The average molecular weight is 240 g/mol. The van der Waals surface area contributed by atoms with Gasteiger partial charge in [0.2, 0.25) is 0 Å². The van der Waals surface area contributed by atoms with Gasteiger partial charge < -0.3 is 0 Å². The van der Waals surface area contributed by atoms with Gasteiger partial charge in [-0.05, 0) is 23.6 Å². The predicted octanol–water partition coefficient (Wildman–Crippen LogP) is 2.38. The Hall–Kier alpha value is -1.04. The quantitative estimate of drug-likeness (QED) is 0.594. The molecule has 0 saturated carbocycles. The molecule has 0 radical (unpaired) electrons. The van der Waals surface area contributed by atoms with Gasteiger partial charge in [0.1, 0.15) is 4.90 Å². The van der Waals surface area contributed by atoms with E-state index in [9.17, 15) is 8.42 Å². The van der Waals surface area contributed by atoms with Crippen LogP contribution in [0, 0.1) is 0 Å². The van der Waals surface area contributed by atoms with Crippen molar-refractivity contribution in [3.8, 4) is 0 Å². The van der Waals surface area contributed by atoms with Crippen molar-refractivity contribution in [3.63, 3.8) is 0 Å². The topological polar surface area (TPSA) is 54.4 Å². The molecule has 0 amide bonds. The van der Waals surface area contributed by atoms with Gasteiger partial charge in [-0.3, -0.25) is 4.55 Å². The van der Waals surface area contributed by atoms with E-state index in [4.69, 9.17) is 4.55 Å². The lowest BCUT2D eigenvalue weighted by Gasteiger charge is -2.03. The van der Waals surface area contributed by atoms with Gasteiger partial charge in [0, 0.05) is 10.3 Å². The summed E-state index contributed by atoms with van der Waals surface area (Å²) in [4.78, 5) is 0.670. The molecule has 1 N–H and O–H groups in total. The van der Waals surface area contributed by atoms with Crippen LogP contribution in [0.2, 0.25) is 0 Å². The summed E-state index contributed by atoms with van der Waals surface area (Å²) in [7, 11) is -4.17. The molecular weight excluding hydrogens is 232 g/mol. The van der Waals surface area contributed by atoms with Crippen molar-refractivity contribution in [2.45, 2.75) is 9.79 Å². The van der Waals surface area contributed by atoms with E-state index in [2.05, 4.69) is 12.6 Å². The Labute approximate surface area is 92.9 Å². The number of fused-ring (bicyclic) bond motifs is 1. The molecule has 0 unspecified atom stereocenters. The van der Waals surface area contributed by atoms with Crippen LogP contribution >= 0.6 is 12.6 Å². The van der Waals surface area contributed by atoms with Gasteiger partial charge in [-0.2, -0.15) is 8.42 Å². The molecule has 0 saturated heterocycles. The summed E-state index contributed by atoms with van der Waals surface area (Å²) in [5.74, 6) is 0. The van der Waals surface area contributed by atoms with Gasteiger partial charge >= 0.3 is 0 Å². The first-order valence-electron chi connectivity index (χ1n) is 4.18. The molecular formula is C10H8O3S2. The molecule has 5 heteroatoms. The zero-order valence-electron chi connectivity index (χ0n) is 7.58. The van der Waals surface area contributed by atoms with Crippen molar-refractivity contribution in [1.29, 1.82) is 0 Å². The summed E-state index contributed by atoms with van der Waals surface area (Å²) in [5, 5.41) is 1.23. The Balaban J connectivity index is 2.89. The van der Waals surface area contributed by atoms with Crippen molar-refractivity contribution >= 4 is 33.5 Å². The van der Waals surface area contributed by atoms with Crippen LogP contribution in [0.25, 0.3) is 10.8 Å². The fourth-order valence-electron chi connectivity index (χ4n) is 1.47. The van der Waals surface area contributed by atoms with Crippen LogP contribution in [0.3, 0.4) is 0 Å². The molecule has 78 valence electrons. The van der Waals surface area contributed by atoms with Gasteiger partial charge in [-0.1, -0.05) is 18.2 Å². The SMILES string of the molecule is O=S(=O)(O)c1cccc2cc(S)ccc12. The molecule has 2 aromatic carbocycles. The summed E-state index contributed by atoms with van der Waals surface area (Å²) in [5.41, 5.74) is 0. The molecule has 0 bridgehead atoms. The molecule has 2 rings (SSSR count). The number of rotatable bonds is 1. The normalized spacial score (nSPS) is 11.9. The Morgan fingerprint density at radius 3 is 2.53 bits per heavy atom. The van der Waals surface area contributed by atoms with Crippen LogP contribution in [-0.4, -0.2) is 13.0 Å². The molecule has 0 heterocycles. The van der Waals surface area contributed by atoms with Gasteiger partial charge in [0.05, 0.1) is 0 Å². The predicted molar refractivity (Wildman–Crippen MR) is 61.0 cm³/mol. The number of benzene rings is 2. The first-order valence-corrected chi connectivity index (χ1v) is 6.06. The molecule has 0 aromatic heterocycles. The van der Waals surface area contributed by atoms with E-state index in [1.807, 2.05) is 0 Å². The standard InChI is InChI=1S/C10H8O3S2/c11-15(12,13)10-3-1-2-7-6-8(14)4-5-9(7)10/h1-6,14H,(H,11,12,13). The Kier molecular flexibility index (Phi) is 2.46. The van der Waals surface area contributed by atoms with Crippen LogP contribution in [0.5, 0.6) is 0 Å². The monoisotopic (exact) mass is 240 g/mol. The van der Waals surface area contributed by atoms with Crippen LogP contribution in [0.15, 0.2) is 46.2 Å². The Morgan fingerprint density at radius 2 is 1.87 bits per heavy atom. The molecule has 0 fully saturated rings. The molecule has 3 nitrogen and oxygen atoms in total. The zero-order valence-corrected chi connectivity index (χ0v) is 9.29. The third kappa shape index (κ3) is 1.99. The number of hydrogen-bond acceptors (Lipinski definition) is 3. The van der Waals surface area contributed by atoms with Crippen molar-refractivity contribution < 1.29 is 13.0 Å². The van der Waals surface area contributed by atoms with Crippen molar-refractivity contribution in [1.82, 2.24) is 0 Å². The summed E-state index contributed by atoms with van der Waals surface area (Å²) in [6.45, 7) is 0. The van der Waals surface area contributed by atoms with Crippen molar-refractivity contribution in [2.24, 2.45) is 0 Å². The number of thiol groups is 1. The smallest absolute Gasteiger partial charge is 0.282 e. The second-order valence-corrected chi connectivity index (χ2v) is 5.04. The molecule has 0 aliphatic carbocycles. The van der Waals surface area contributed by atoms with E-state index in [0.29, 0.717) is 5.39 Å². The molecule has 0 aliphatic heterocycles. The summed E-state index contributed by atoms with van der Waals surface area (Å²) < 4.78 is 31.1. The third-order valence-corrected chi connectivity index (χ3v) is 3.29. The van der Waals surface area contributed by atoms with Crippen LogP contribution < -0.4 is 0 Å². The van der Waals surface area contributed by atoms with Gasteiger partial charge in [0.25, 0.3) is 10.1 Å². The fraction of sp³-hybridized carbons (Fsp3) is 0. The molecule has 2 aromatic rings. The molecule has 0 aliphatic rings.